The van der Waals surface area contributed by atoms with Crippen molar-refractivity contribution in [3.05, 3.63) is 121 Å². The fourth-order valence-electron chi connectivity index (χ4n) is 4.38. The number of carbonyl (C=O) groups is 2. The van der Waals surface area contributed by atoms with Gasteiger partial charge in [-0.2, -0.15) is 0 Å². The van der Waals surface area contributed by atoms with E-state index in [0.717, 1.165) is 0 Å². The number of hydrogen-bond acceptors (Lipinski definition) is 6. The quantitative estimate of drug-likeness (QED) is 0.199. The first-order chi connectivity index (χ1) is 19.2. The van der Waals surface area contributed by atoms with E-state index in [4.69, 9.17) is 4.42 Å². The van der Waals surface area contributed by atoms with Crippen LogP contribution in [0.3, 0.4) is 0 Å². The van der Waals surface area contributed by atoms with Crippen molar-refractivity contribution in [2.75, 3.05) is 13.1 Å². The first-order valence-electron chi connectivity index (χ1n) is 12.7. The molecule has 0 bridgehead atoms. The van der Waals surface area contributed by atoms with Crippen molar-refractivity contribution in [3.63, 3.8) is 0 Å². The normalized spacial score (nSPS) is 10.9. The van der Waals surface area contributed by atoms with Crippen LogP contribution in [0.4, 0.5) is 10.1 Å². The first kappa shape index (κ1) is 28.2. The molecule has 0 fully saturated rings. The summed E-state index contributed by atoms with van der Waals surface area (Å²) in [5, 5.41) is 11.8. The topological polar surface area (TPSA) is 114 Å². The van der Waals surface area contributed by atoms with Gasteiger partial charge in [0.15, 0.2) is 5.43 Å². The zero-order valence-electron chi connectivity index (χ0n) is 22.1. The van der Waals surface area contributed by atoms with Crippen molar-refractivity contribution >= 4 is 28.5 Å². The van der Waals surface area contributed by atoms with Gasteiger partial charge in [0.05, 0.1) is 28.7 Å². The summed E-state index contributed by atoms with van der Waals surface area (Å²) in [5.74, 6) is -1.41. The molecule has 0 saturated carbocycles. The Bertz CT molecular complexity index is 1620. The van der Waals surface area contributed by atoms with Gasteiger partial charge in [0.25, 0.3) is 11.6 Å². The predicted molar refractivity (Wildman–Crippen MR) is 147 cm³/mol. The number of hydrogen-bond donors (Lipinski definition) is 0. The Kier molecular flexibility index (Phi) is 8.68. The number of nitro benzene ring substituents is 1. The van der Waals surface area contributed by atoms with Crippen LogP contribution in [0.15, 0.2) is 82.2 Å². The first-order valence-corrected chi connectivity index (χ1v) is 12.7. The maximum absolute atomic E-state index is 13.7. The Labute approximate surface area is 229 Å². The summed E-state index contributed by atoms with van der Waals surface area (Å²) in [5.41, 5.74) is 1.33. The Morgan fingerprint density at radius 2 is 1.73 bits per heavy atom. The zero-order chi connectivity index (χ0) is 28.8. The standard InChI is InChI=1S/C30H28FN3O6/c1-3-14-32(30(37)22-11-8-20(2)26(15-22)34(38)39)18-28(35)33(16-21-9-12-24(31)13-10-21)17-23-19-40-27-7-5-4-6-25(27)29(23)36/h4-13,15,19H,3,14,16-18H2,1-2H3. The molecule has 1 aromatic heterocycles. The molecule has 0 unspecified atom stereocenters. The van der Waals surface area contributed by atoms with E-state index in [9.17, 15) is 28.9 Å². The lowest BCUT2D eigenvalue weighted by Crippen LogP contribution is -2.43. The third-order valence-corrected chi connectivity index (χ3v) is 6.51. The Morgan fingerprint density at radius 3 is 2.42 bits per heavy atom. The van der Waals surface area contributed by atoms with Crippen molar-refractivity contribution in [1.82, 2.24) is 9.80 Å². The molecule has 10 heteroatoms. The summed E-state index contributed by atoms with van der Waals surface area (Å²) in [6.45, 7) is 3.28. The number of rotatable bonds is 10. The smallest absolute Gasteiger partial charge is 0.273 e. The van der Waals surface area contributed by atoms with E-state index in [1.807, 2.05) is 6.92 Å². The average Bonchev–Trinajstić information content (AvgIpc) is 2.94. The number of benzene rings is 3. The van der Waals surface area contributed by atoms with E-state index >= 15 is 0 Å². The van der Waals surface area contributed by atoms with Crippen molar-refractivity contribution in [3.8, 4) is 0 Å². The van der Waals surface area contributed by atoms with E-state index in [2.05, 4.69) is 0 Å². The molecule has 3 aromatic carbocycles. The number of nitrogens with zero attached hydrogens (tertiary/aromatic N) is 3. The summed E-state index contributed by atoms with van der Waals surface area (Å²) in [6.07, 6.45) is 1.86. The second-order valence-corrected chi connectivity index (χ2v) is 9.45. The molecule has 0 saturated heterocycles. The molecule has 0 aliphatic carbocycles. The van der Waals surface area contributed by atoms with Crippen LogP contribution < -0.4 is 5.43 Å². The number of halogens is 1. The molecule has 2 amide bonds. The van der Waals surface area contributed by atoms with Gasteiger partial charge in [-0.1, -0.05) is 37.3 Å². The molecule has 1 heterocycles. The molecule has 0 N–H and O–H groups in total. The van der Waals surface area contributed by atoms with Gasteiger partial charge in [0, 0.05) is 30.3 Å². The van der Waals surface area contributed by atoms with Crippen LogP contribution in [-0.4, -0.2) is 39.6 Å². The minimum atomic E-state index is -0.555. The lowest BCUT2D eigenvalue weighted by Gasteiger charge is -2.28. The monoisotopic (exact) mass is 545 g/mol. The molecule has 0 aliphatic rings. The van der Waals surface area contributed by atoms with Crippen molar-refractivity contribution in [2.45, 2.75) is 33.4 Å². The summed E-state index contributed by atoms with van der Waals surface area (Å²) in [7, 11) is 0. The predicted octanol–water partition coefficient (Wildman–Crippen LogP) is 5.23. The number of carbonyl (C=O) groups excluding carboxylic acids is 2. The molecule has 206 valence electrons. The van der Waals surface area contributed by atoms with Crippen molar-refractivity contribution in [1.29, 1.82) is 0 Å². The van der Waals surface area contributed by atoms with Crippen LogP contribution in [0, 0.1) is 22.9 Å². The van der Waals surface area contributed by atoms with E-state index in [1.54, 1.807) is 43.3 Å². The highest BCUT2D eigenvalue weighted by Gasteiger charge is 2.25. The van der Waals surface area contributed by atoms with Crippen LogP contribution in [0.5, 0.6) is 0 Å². The maximum Gasteiger partial charge on any atom is 0.273 e. The SMILES string of the molecule is CCCN(CC(=O)N(Cc1ccc(F)cc1)Cc1coc2ccccc2c1=O)C(=O)c1ccc(C)c([N+](=O)[O-])c1. The van der Waals surface area contributed by atoms with Crippen molar-refractivity contribution < 1.29 is 23.3 Å². The molecule has 0 atom stereocenters. The molecule has 9 nitrogen and oxygen atoms in total. The minimum Gasteiger partial charge on any atom is -0.464 e. The lowest BCUT2D eigenvalue weighted by molar-refractivity contribution is -0.385. The van der Waals surface area contributed by atoms with Crippen LogP contribution in [0.25, 0.3) is 11.0 Å². The Balaban J connectivity index is 1.64. The van der Waals surface area contributed by atoms with Gasteiger partial charge in [0.2, 0.25) is 5.91 Å². The Hall–Kier alpha value is -4.86. The van der Waals surface area contributed by atoms with E-state index in [-0.39, 0.29) is 48.4 Å². The molecule has 40 heavy (non-hydrogen) atoms. The number of aryl methyl sites for hydroxylation is 1. The van der Waals surface area contributed by atoms with Gasteiger partial charge in [-0.05, 0) is 49.2 Å². The third-order valence-electron chi connectivity index (χ3n) is 6.51. The molecule has 0 aliphatic heterocycles. The van der Waals surface area contributed by atoms with Crippen LogP contribution >= 0.6 is 0 Å². The number of amides is 2. The van der Waals surface area contributed by atoms with Crippen LogP contribution in [0.1, 0.15) is 40.4 Å². The van der Waals surface area contributed by atoms with Crippen molar-refractivity contribution in [2.24, 2.45) is 0 Å². The fourth-order valence-corrected chi connectivity index (χ4v) is 4.38. The largest absolute Gasteiger partial charge is 0.464 e. The summed E-state index contributed by atoms with van der Waals surface area (Å²) < 4.78 is 19.1. The average molecular weight is 546 g/mol. The third kappa shape index (κ3) is 6.40. The molecule has 4 rings (SSSR count). The lowest BCUT2D eigenvalue weighted by atomic mass is 10.1. The van der Waals surface area contributed by atoms with Gasteiger partial charge < -0.3 is 14.2 Å². The summed E-state index contributed by atoms with van der Waals surface area (Å²) >= 11 is 0. The number of fused-ring (bicyclic) bond motifs is 1. The van der Waals surface area contributed by atoms with Crippen LogP contribution in [0.2, 0.25) is 0 Å². The highest BCUT2D eigenvalue weighted by molar-refractivity contribution is 5.97. The zero-order valence-corrected chi connectivity index (χ0v) is 22.1. The van der Waals surface area contributed by atoms with Gasteiger partial charge >= 0.3 is 0 Å². The van der Waals surface area contributed by atoms with E-state index in [1.165, 1.54) is 46.4 Å². The summed E-state index contributed by atoms with van der Waals surface area (Å²) in [6, 6.07) is 16.6. The van der Waals surface area contributed by atoms with Gasteiger partial charge in [-0.3, -0.25) is 24.5 Å². The highest BCUT2D eigenvalue weighted by Crippen LogP contribution is 2.21. The Morgan fingerprint density at radius 1 is 1.00 bits per heavy atom. The second kappa shape index (κ2) is 12.3. The number of nitro groups is 1. The van der Waals surface area contributed by atoms with Crippen LogP contribution in [-0.2, 0) is 17.9 Å². The molecule has 0 radical (unpaired) electrons. The van der Waals surface area contributed by atoms with Gasteiger partial charge in [-0.25, -0.2) is 4.39 Å². The summed E-state index contributed by atoms with van der Waals surface area (Å²) in [4.78, 5) is 53.8. The van der Waals surface area contributed by atoms with Gasteiger partial charge in [-0.15, -0.1) is 0 Å². The molecular weight excluding hydrogens is 517 g/mol. The van der Waals surface area contributed by atoms with E-state index in [0.29, 0.717) is 28.5 Å². The highest BCUT2D eigenvalue weighted by atomic mass is 19.1. The maximum atomic E-state index is 13.7. The molecule has 4 aromatic rings. The molecular formula is C30H28FN3O6. The van der Waals surface area contributed by atoms with Gasteiger partial charge in [0.1, 0.15) is 17.9 Å². The minimum absolute atomic E-state index is 0.0511. The number of para-hydroxylation sites is 1. The van der Waals surface area contributed by atoms with E-state index < -0.39 is 22.6 Å². The fraction of sp³-hybridized carbons (Fsp3) is 0.233. The second-order valence-electron chi connectivity index (χ2n) is 9.45. The molecule has 0 spiro atoms.